The van der Waals surface area contributed by atoms with Gasteiger partial charge in [-0.25, -0.2) is 4.98 Å². The largest absolute Gasteiger partial charge is 0.342 e. The summed E-state index contributed by atoms with van der Waals surface area (Å²) < 4.78 is 2.35. The summed E-state index contributed by atoms with van der Waals surface area (Å²) in [6.07, 6.45) is 12.6. The van der Waals surface area contributed by atoms with Gasteiger partial charge in [-0.15, -0.1) is 0 Å². The van der Waals surface area contributed by atoms with Gasteiger partial charge in [-0.3, -0.25) is 4.79 Å². The van der Waals surface area contributed by atoms with Gasteiger partial charge in [0, 0.05) is 44.4 Å². The lowest BCUT2D eigenvalue weighted by Crippen LogP contribution is -2.29. The van der Waals surface area contributed by atoms with E-state index in [2.05, 4.69) is 28.3 Å². The molecule has 2 aliphatic rings. The summed E-state index contributed by atoms with van der Waals surface area (Å²) in [6, 6.07) is 0. The van der Waals surface area contributed by atoms with E-state index in [0.29, 0.717) is 11.8 Å². The van der Waals surface area contributed by atoms with Crippen LogP contribution in [0.2, 0.25) is 0 Å². The van der Waals surface area contributed by atoms with Gasteiger partial charge in [0.25, 0.3) is 0 Å². The molecule has 134 valence electrons. The third-order valence-corrected chi connectivity index (χ3v) is 5.94. The Morgan fingerprint density at radius 2 is 2.04 bits per heavy atom. The van der Waals surface area contributed by atoms with Crippen molar-refractivity contribution in [2.75, 3.05) is 13.1 Å². The first-order valence-electron chi connectivity index (χ1n) is 9.96. The van der Waals surface area contributed by atoms with Crippen molar-refractivity contribution in [3.8, 4) is 0 Å². The van der Waals surface area contributed by atoms with Crippen LogP contribution in [0.5, 0.6) is 0 Å². The molecule has 0 spiro atoms. The summed E-state index contributed by atoms with van der Waals surface area (Å²) in [7, 11) is 0. The van der Waals surface area contributed by atoms with Gasteiger partial charge >= 0.3 is 0 Å². The first kappa shape index (κ1) is 17.5. The van der Waals surface area contributed by atoms with Crippen LogP contribution in [0.4, 0.5) is 0 Å². The number of nitrogens with zero attached hydrogens (tertiary/aromatic N) is 3. The van der Waals surface area contributed by atoms with E-state index in [1.165, 1.54) is 37.2 Å². The minimum Gasteiger partial charge on any atom is -0.342 e. The van der Waals surface area contributed by atoms with Gasteiger partial charge < -0.3 is 9.47 Å². The number of amides is 1. The molecule has 1 atom stereocenters. The molecule has 1 unspecified atom stereocenters. The van der Waals surface area contributed by atoms with E-state index in [1.54, 1.807) is 0 Å². The summed E-state index contributed by atoms with van der Waals surface area (Å²) >= 11 is 0. The lowest BCUT2D eigenvalue weighted by molar-refractivity contribution is -0.130. The van der Waals surface area contributed by atoms with Gasteiger partial charge in [-0.1, -0.05) is 32.6 Å². The predicted octanol–water partition coefficient (Wildman–Crippen LogP) is 3.96. The first-order valence-corrected chi connectivity index (χ1v) is 9.96. The van der Waals surface area contributed by atoms with Crippen LogP contribution in [0.15, 0.2) is 6.20 Å². The predicted molar refractivity (Wildman–Crippen MR) is 96.8 cm³/mol. The molecule has 1 aliphatic carbocycles. The van der Waals surface area contributed by atoms with Crippen molar-refractivity contribution in [3.05, 3.63) is 17.7 Å². The van der Waals surface area contributed by atoms with Crippen molar-refractivity contribution >= 4 is 5.91 Å². The second-order valence-electron chi connectivity index (χ2n) is 7.86. The molecule has 2 heterocycles. The van der Waals surface area contributed by atoms with Crippen LogP contribution in [0.1, 0.15) is 69.8 Å². The van der Waals surface area contributed by atoms with Crippen LogP contribution in [0.25, 0.3) is 0 Å². The lowest BCUT2D eigenvalue weighted by atomic mass is 10.0. The standard InChI is InChI=1S/C20H33N3O/c1-3-11-23-16(2)14-21-19(23)13-18-10-12-22(15-18)20(24)9-8-17-6-4-5-7-17/h14,17-18H,3-13,15H2,1-2H3. The Bertz CT molecular complexity index is 545. The molecule has 0 radical (unpaired) electrons. The number of aryl methyl sites for hydroxylation is 1. The highest BCUT2D eigenvalue weighted by atomic mass is 16.2. The minimum absolute atomic E-state index is 0.387. The summed E-state index contributed by atoms with van der Waals surface area (Å²) in [5, 5.41) is 0. The topological polar surface area (TPSA) is 38.1 Å². The van der Waals surface area contributed by atoms with Gasteiger partial charge in [0.05, 0.1) is 0 Å². The Morgan fingerprint density at radius 3 is 2.79 bits per heavy atom. The van der Waals surface area contributed by atoms with Crippen LogP contribution in [0.3, 0.4) is 0 Å². The van der Waals surface area contributed by atoms with Crippen molar-refractivity contribution in [1.29, 1.82) is 0 Å². The molecule has 1 saturated heterocycles. The van der Waals surface area contributed by atoms with Crippen molar-refractivity contribution in [2.24, 2.45) is 11.8 Å². The van der Waals surface area contributed by atoms with E-state index in [4.69, 9.17) is 0 Å². The fraction of sp³-hybridized carbons (Fsp3) is 0.800. The zero-order chi connectivity index (χ0) is 16.9. The molecule has 3 rings (SSSR count). The number of hydrogen-bond acceptors (Lipinski definition) is 2. The fourth-order valence-electron chi connectivity index (χ4n) is 4.47. The molecule has 1 saturated carbocycles. The quantitative estimate of drug-likeness (QED) is 0.758. The number of carbonyl (C=O) groups excluding carboxylic acids is 1. The molecule has 1 amide bonds. The van der Waals surface area contributed by atoms with Crippen LogP contribution in [-0.2, 0) is 17.8 Å². The number of carbonyl (C=O) groups is 1. The molecule has 24 heavy (non-hydrogen) atoms. The second kappa shape index (κ2) is 8.17. The average molecular weight is 332 g/mol. The second-order valence-corrected chi connectivity index (χ2v) is 7.86. The Hall–Kier alpha value is -1.32. The minimum atomic E-state index is 0.387. The maximum Gasteiger partial charge on any atom is 0.222 e. The van der Waals surface area contributed by atoms with E-state index in [-0.39, 0.29) is 0 Å². The highest BCUT2D eigenvalue weighted by molar-refractivity contribution is 5.76. The van der Waals surface area contributed by atoms with Gasteiger partial charge in [-0.05, 0) is 38.0 Å². The monoisotopic (exact) mass is 331 g/mol. The highest BCUT2D eigenvalue weighted by Crippen LogP contribution is 2.29. The van der Waals surface area contributed by atoms with Crippen LogP contribution < -0.4 is 0 Å². The summed E-state index contributed by atoms with van der Waals surface area (Å²) in [5.74, 6) is 2.99. The summed E-state index contributed by atoms with van der Waals surface area (Å²) in [6.45, 7) is 7.28. The molecule has 1 aliphatic heterocycles. The Balaban J connectivity index is 1.47. The van der Waals surface area contributed by atoms with Crippen LogP contribution >= 0.6 is 0 Å². The zero-order valence-electron chi connectivity index (χ0n) is 15.5. The highest BCUT2D eigenvalue weighted by Gasteiger charge is 2.28. The molecular formula is C20H33N3O. The van der Waals surface area contributed by atoms with Crippen molar-refractivity contribution in [3.63, 3.8) is 0 Å². The lowest BCUT2D eigenvalue weighted by Gasteiger charge is -2.18. The van der Waals surface area contributed by atoms with Crippen molar-refractivity contribution < 1.29 is 4.79 Å². The Morgan fingerprint density at radius 1 is 1.25 bits per heavy atom. The van der Waals surface area contributed by atoms with E-state index in [0.717, 1.165) is 57.7 Å². The molecule has 4 heteroatoms. The molecule has 0 aromatic carbocycles. The van der Waals surface area contributed by atoms with Crippen LogP contribution in [0, 0.1) is 18.8 Å². The molecule has 4 nitrogen and oxygen atoms in total. The number of imidazole rings is 1. The molecule has 2 fully saturated rings. The summed E-state index contributed by atoms with van der Waals surface area (Å²) in [4.78, 5) is 19.2. The molecule has 1 aromatic rings. The first-order chi connectivity index (χ1) is 11.7. The average Bonchev–Trinajstić information content (AvgIpc) is 3.30. The van der Waals surface area contributed by atoms with E-state index < -0.39 is 0 Å². The number of rotatable bonds is 7. The number of likely N-dealkylation sites (tertiary alicyclic amines) is 1. The molecular weight excluding hydrogens is 298 g/mol. The van der Waals surface area contributed by atoms with E-state index in [1.807, 2.05) is 6.20 Å². The molecule has 1 aromatic heterocycles. The van der Waals surface area contributed by atoms with Gasteiger partial charge in [0.2, 0.25) is 5.91 Å². The number of aromatic nitrogens is 2. The Labute approximate surface area is 146 Å². The maximum atomic E-state index is 12.5. The SMILES string of the molecule is CCCn1c(C)cnc1CC1CCN(C(=O)CCC2CCCC2)C1. The third-order valence-electron chi connectivity index (χ3n) is 5.94. The smallest absolute Gasteiger partial charge is 0.222 e. The van der Waals surface area contributed by atoms with E-state index in [9.17, 15) is 4.79 Å². The molecule has 0 N–H and O–H groups in total. The maximum absolute atomic E-state index is 12.5. The number of hydrogen-bond donors (Lipinski definition) is 0. The normalized spacial score (nSPS) is 21.8. The van der Waals surface area contributed by atoms with Crippen LogP contribution in [-0.4, -0.2) is 33.4 Å². The van der Waals surface area contributed by atoms with E-state index >= 15 is 0 Å². The van der Waals surface area contributed by atoms with Crippen molar-refractivity contribution in [1.82, 2.24) is 14.5 Å². The van der Waals surface area contributed by atoms with Gasteiger partial charge in [-0.2, -0.15) is 0 Å². The van der Waals surface area contributed by atoms with Gasteiger partial charge in [0.1, 0.15) is 5.82 Å². The third kappa shape index (κ3) is 4.20. The zero-order valence-corrected chi connectivity index (χ0v) is 15.5. The molecule has 0 bridgehead atoms. The Kier molecular flexibility index (Phi) is 5.96. The van der Waals surface area contributed by atoms with Gasteiger partial charge in [0.15, 0.2) is 0 Å². The summed E-state index contributed by atoms with van der Waals surface area (Å²) in [5.41, 5.74) is 1.26. The fourth-order valence-corrected chi connectivity index (χ4v) is 4.47. The van der Waals surface area contributed by atoms with Crippen molar-refractivity contribution in [2.45, 2.75) is 78.2 Å².